The molecule has 0 saturated carbocycles. The third kappa shape index (κ3) is 5.00. The second kappa shape index (κ2) is 7.79. The topological polar surface area (TPSA) is 91.9 Å². The SMILES string of the molecule is CCCCC(CC)CNC(=O)c1n[nH]c(C)c1S(=O)(=O)Cl. The minimum Gasteiger partial charge on any atom is -0.350 e. The molecule has 0 bridgehead atoms. The summed E-state index contributed by atoms with van der Waals surface area (Å²) >= 11 is 0. The number of rotatable bonds is 8. The predicted octanol–water partition coefficient (Wildman–Crippen LogP) is 2.59. The van der Waals surface area contributed by atoms with Crippen molar-refractivity contribution in [1.82, 2.24) is 15.5 Å². The van der Waals surface area contributed by atoms with Crippen LogP contribution in [-0.4, -0.2) is 31.1 Å². The van der Waals surface area contributed by atoms with Crippen LogP contribution >= 0.6 is 10.7 Å². The maximum atomic E-state index is 12.1. The predicted molar refractivity (Wildman–Crippen MR) is 82.0 cm³/mol. The van der Waals surface area contributed by atoms with Gasteiger partial charge in [0.15, 0.2) is 5.69 Å². The van der Waals surface area contributed by atoms with Crippen LogP contribution in [0.15, 0.2) is 4.90 Å². The van der Waals surface area contributed by atoms with E-state index in [0.29, 0.717) is 12.5 Å². The molecule has 1 heterocycles. The first-order valence-corrected chi connectivity index (χ1v) is 9.39. The Kier molecular flexibility index (Phi) is 6.67. The molecule has 0 spiro atoms. The van der Waals surface area contributed by atoms with E-state index in [4.69, 9.17) is 10.7 Å². The first-order chi connectivity index (χ1) is 9.81. The van der Waals surface area contributed by atoms with E-state index in [1.54, 1.807) is 0 Å². The van der Waals surface area contributed by atoms with E-state index in [2.05, 4.69) is 29.4 Å². The van der Waals surface area contributed by atoms with Crippen molar-refractivity contribution in [1.29, 1.82) is 0 Å². The number of aromatic nitrogens is 2. The zero-order valence-corrected chi connectivity index (χ0v) is 14.1. The third-order valence-electron chi connectivity index (χ3n) is 3.44. The highest BCUT2D eigenvalue weighted by Gasteiger charge is 2.26. The molecule has 0 fully saturated rings. The normalized spacial score (nSPS) is 13.1. The summed E-state index contributed by atoms with van der Waals surface area (Å²) < 4.78 is 23.0. The summed E-state index contributed by atoms with van der Waals surface area (Å²) in [6.07, 6.45) is 4.21. The fourth-order valence-corrected chi connectivity index (χ4v) is 3.48. The molecule has 1 aromatic heterocycles. The Hall–Kier alpha value is -1.08. The van der Waals surface area contributed by atoms with Gasteiger partial charge in [0.05, 0.1) is 5.69 Å². The van der Waals surface area contributed by atoms with Crippen LogP contribution in [0.25, 0.3) is 0 Å². The summed E-state index contributed by atoms with van der Waals surface area (Å²) in [5.41, 5.74) is 0.0843. The highest BCUT2D eigenvalue weighted by atomic mass is 35.7. The van der Waals surface area contributed by atoms with E-state index in [9.17, 15) is 13.2 Å². The average molecular weight is 336 g/mol. The second-order valence-electron chi connectivity index (χ2n) is 5.09. The zero-order chi connectivity index (χ0) is 16.0. The van der Waals surface area contributed by atoms with Gasteiger partial charge in [-0.1, -0.05) is 33.1 Å². The Morgan fingerprint density at radius 1 is 1.43 bits per heavy atom. The molecular weight excluding hydrogens is 314 g/mol. The fourth-order valence-electron chi connectivity index (χ4n) is 2.14. The standard InChI is InChI=1S/C13H22ClN3O3S/c1-4-6-7-10(5-2)8-15-13(18)11-12(21(14,19)20)9(3)16-17-11/h10H,4-8H2,1-3H3,(H,15,18)(H,16,17). The first-order valence-electron chi connectivity index (χ1n) is 7.09. The average Bonchev–Trinajstić information content (AvgIpc) is 2.80. The van der Waals surface area contributed by atoms with Gasteiger partial charge in [0, 0.05) is 17.2 Å². The van der Waals surface area contributed by atoms with E-state index in [-0.39, 0.29) is 16.3 Å². The van der Waals surface area contributed by atoms with Gasteiger partial charge in [-0.05, 0) is 19.3 Å². The van der Waals surface area contributed by atoms with Crippen molar-refractivity contribution in [3.8, 4) is 0 Å². The van der Waals surface area contributed by atoms with E-state index >= 15 is 0 Å². The number of amides is 1. The molecule has 0 aliphatic carbocycles. The number of unbranched alkanes of at least 4 members (excludes halogenated alkanes) is 1. The Morgan fingerprint density at radius 3 is 2.62 bits per heavy atom. The van der Waals surface area contributed by atoms with E-state index in [1.807, 2.05) is 0 Å². The van der Waals surface area contributed by atoms with Crippen LogP contribution in [0.4, 0.5) is 0 Å². The van der Waals surface area contributed by atoms with Gasteiger partial charge in [0.2, 0.25) is 0 Å². The molecular formula is C13H22ClN3O3S. The number of aryl methyl sites for hydroxylation is 1. The first kappa shape index (κ1) is 18.0. The largest absolute Gasteiger partial charge is 0.350 e. The maximum absolute atomic E-state index is 12.1. The number of hydrogen-bond acceptors (Lipinski definition) is 4. The molecule has 1 aromatic rings. The lowest BCUT2D eigenvalue weighted by atomic mass is 9.99. The van der Waals surface area contributed by atoms with Gasteiger partial charge in [0.1, 0.15) is 4.90 Å². The monoisotopic (exact) mass is 335 g/mol. The lowest BCUT2D eigenvalue weighted by Crippen LogP contribution is -2.30. The van der Waals surface area contributed by atoms with Crippen molar-refractivity contribution in [3.05, 3.63) is 11.4 Å². The molecule has 21 heavy (non-hydrogen) atoms. The van der Waals surface area contributed by atoms with Crippen molar-refractivity contribution < 1.29 is 13.2 Å². The van der Waals surface area contributed by atoms with Gasteiger partial charge < -0.3 is 5.32 Å². The van der Waals surface area contributed by atoms with E-state index in [1.165, 1.54) is 6.92 Å². The van der Waals surface area contributed by atoms with Crippen LogP contribution in [-0.2, 0) is 9.05 Å². The molecule has 1 atom stereocenters. The minimum absolute atomic E-state index is 0.173. The number of carbonyl (C=O) groups excluding carboxylic acids is 1. The number of nitrogens with zero attached hydrogens (tertiary/aromatic N) is 1. The Labute approximate surface area is 130 Å². The van der Waals surface area contributed by atoms with Gasteiger partial charge >= 0.3 is 0 Å². The van der Waals surface area contributed by atoms with E-state index < -0.39 is 15.0 Å². The van der Waals surface area contributed by atoms with Crippen LogP contribution in [0.1, 0.15) is 55.7 Å². The summed E-state index contributed by atoms with van der Waals surface area (Å²) in [6, 6.07) is 0. The van der Waals surface area contributed by atoms with Crippen molar-refractivity contribution in [2.45, 2.75) is 51.3 Å². The van der Waals surface area contributed by atoms with Crippen molar-refractivity contribution in [2.24, 2.45) is 5.92 Å². The summed E-state index contributed by atoms with van der Waals surface area (Å²) in [4.78, 5) is 11.9. The number of aromatic amines is 1. The molecule has 0 aromatic carbocycles. The van der Waals surface area contributed by atoms with Crippen LogP contribution in [0.5, 0.6) is 0 Å². The van der Waals surface area contributed by atoms with Crippen LogP contribution in [0.3, 0.4) is 0 Å². The molecule has 8 heteroatoms. The fraction of sp³-hybridized carbons (Fsp3) is 0.692. The van der Waals surface area contributed by atoms with Crippen LogP contribution in [0.2, 0.25) is 0 Å². The summed E-state index contributed by atoms with van der Waals surface area (Å²) in [7, 11) is 1.34. The third-order valence-corrected chi connectivity index (χ3v) is 4.89. The van der Waals surface area contributed by atoms with Gasteiger partial charge in [-0.3, -0.25) is 9.89 Å². The number of halogens is 1. The minimum atomic E-state index is -4.01. The van der Waals surface area contributed by atoms with Crippen LogP contribution < -0.4 is 5.32 Å². The highest BCUT2D eigenvalue weighted by Crippen LogP contribution is 2.22. The molecule has 0 aliphatic heterocycles. The Morgan fingerprint density at radius 2 is 2.10 bits per heavy atom. The summed E-state index contributed by atoms with van der Waals surface area (Å²) in [6.45, 7) is 6.20. The Balaban J connectivity index is 2.77. The van der Waals surface area contributed by atoms with Gasteiger partial charge in [-0.25, -0.2) is 8.42 Å². The van der Waals surface area contributed by atoms with Crippen molar-refractivity contribution in [2.75, 3.05) is 6.54 Å². The molecule has 0 aliphatic rings. The molecule has 0 saturated heterocycles. The number of carbonyl (C=O) groups is 1. The van der Waals surface area contributed by atoms with Crippen LogP contribution in [0, 0.1) is 12.8 Å². The maximum Gasteiger partial charge on any atom is 0.273 e. The second-order valence-corrected chi connectivity index (χ2v) is 7.59. The molecule has 1 amide bonds. The smallest absolute Gasteiger partial charge is 0.273 e. The molecule has 6 nitrogen and oxygen atoms in total. The lowest BCUT2D eigenvalue weighted by molar-refractivity contribution is 0.0937. The molecule has 120 valence electrons. The van der Waals surface area contributed by atoms with Gasteiger partial charge in [0.25, 0.3) is 15.0 Å². The summed E-state index contributed by atoms with van der Waals surface area (Å²) in [5.74, 6) is -0.140. The number of H-pyrrole nitrogens is 1. The van der Waals surface area contributed by atoms with E-state index in [0.717, 1.165) is 25.7 Å². The molecule has 1 unspecified atom stereocenters. The molecule has 1 rings (SSSR count). The summed E-state index contributed by atoms with van der Waals surface area (Å²) in [5, 5.41) is 8.97. The quantitative estimate of drug-likeness (QED) is 0.714. The Bertz CT molecular complexity index is 583. The highest BCUT2D eigenvalue weighted by molar-refractivity contribution is 8.13. The zero-order valence-electron chi connectivity index (χ0n) is 12.6. The lowest BCUT2D eigenvalue weighted by Gasteiger charge is -2.14. The van der Waals surface area contributed by atoms with Gasteiger partial charge in [-0.15, -0.1) is 0 Å². The molecule has 0 radical (unpaired) electrons. The number of hydrogen-bond donors (Lipinski definition) is 2. The van der Waals surface area contributed by atoms with Gasteiger partial charge in [-0.2, -0.15) is 5.10 Å². The molecule has 2 N–H and O–H groups in total. The van der Waals surface area contributed by atoms with Crippen molar-refractivity contribution >= 4 is 25.6 Å². The van der Waals surface area contributed by atoms with Crippen molar-refractivity contribution in [3.63, 3.8) is 0 Å². The number of nitrogens with one attached hydrogen (secondary N) is 2.